The average Bonchev–Trinajstić information content (AvgIpc) is 3.44. The van der Waals surface area contributed by atoms with Gasteiger partial charge in [0.2, 0.25) is 0 Å². The minimum Gasteiger partial charge on any atom is -0.405 e. The number of nitrogens with one attached hydrogen (secondary N) is 2. The highest BCUT2D eigenvalue weighted by Gasteiger charge is 2.63. The van der Waals surface area contributed by atoms with Crippen LogP contribution in [0.1, 0.15) is 94.2 Å². The van der Waals surface area contributed by atoms with Crippen LogP contribution < -0.4 is 5.46 Å². The molecule has 290 valence electrons. The van der Waals surface area contributed by atoms with Gasteiger partial charge < -0.3 is 27.9 Å². The van der Waals surface area contributed by atoms with E-state index in [0.717, 1.165) is 21.1 Å². The molecule has 0 saturated carbocycles. The van der Waals surface area contributed by atoms with Gasteiger partial charge in [-0.2, -0.15) is 0 Å². The Balaban J connectivity index is 0.000000216. The van der Waals surface area contributed by atoms with Crippen LogP contribution >= 0.6 is 15.9 Å². The van der Waals surface area contributed by atoms with E-state index in [1.165, 1.54) is 12.5 Å². The fraction of sp³-hybridized carbons (Fsp3) is 0.667. The van der Waals surface area contributed by atoms with Crippen LogP contribution in [0.2, 0.25) is 0 Å². The Morgan fingerprint density at radius 1 is 0.558 bits per heavy atom. The molecule has 5 rings (SSSR count). The molecule has 52 heavy (non-hydrogen) atoms. The fourth-order valence-corrected chi connectivity index (χ4v) is 6.89. The lowest BCUT2D eigenvalue weighted by molar-refractivity contribution is 0.00578. The lowest BCUT2D eigenvalue weighted by Crippen LogP contribution is -2.41. The molecular formula is C36H60B3BrN2O8S2. The molecule has 2 atom stereocenters. The molecular weight excluding hydrogens is 765 g/mol. The zero-order chi connectivity index (χ0) is 39.8. The van der Waals surface area contributed by atoms with E-state index in [1.54, 1.807) is 0 Å². The van der Waals surface area contributed by atoms with Gasteiger partial charge in [-0.3, -0.25) is 18.0 Å². The number of rotatable bonds is 8. The van der Waals surface area contributed by atoms with Crippen LogP contribution in [0, 0.1) is 9.56 Å². The molecule has 0 spiro atoms. The van der Waals surface area contributed by atoms with Crippen molar-refractivity contribution in [3.8, 4) is 0 Å². The first-order chi connectivity index (χ1) is 23.4. The number of hydrogen-bond acceptors (Lipinski definition) is 10. The summed E-state index contributed by atoms with van der Waals surface area (Å²) in [7, 11) is -6.13. The quantitative estimate of drug-likeness (QED) is 0.269. The van der Waals surface area contributed by atoms with Gasteiger partial charge in [0.05, 0.1) is 33.6 Å². The molecule has 0 radical (unpaired) electrons. The third-order valence-electron chi connectivity index (χ3n) is 10.7. The van der Waals surface area contributed by atoms with Crippen LogP contribution in [0.5, 0.6) is 0 Å². The predicted molar refractivity (Wildman–Crippen MR) is 219 cm³/mol. The normalized spacial score (nSPS) is 24.2. The molecule has 3 aliphatic heterocycles. The van der Waals surface area contributed by atoms with Crippen molar-refractivity contribution >= 4 is 62.0 Å². The van der Waals surface area contributed by atoms with Crippen LogP contribution in [0.4, 0.5) is 0 Å². The van der Waals surface area contributed by atoms with E-state index < -0.39 is 33.5 Å². The molecule has 0 aromatic heterocycles. The first-order valence-corrected chi connectivity index (χ1v) is 22.7. The maximum absolute atomic E-state index is 11.5. The van der Waals surface area contributed by atoms with Crippen molar-refractivity contribution in [2.24, 2.45) is 0 Å². The first-order valence-electron chi connectivity index (χ1n) is 17.7. The number of aryl methyl sites for hydroxylation is 2. The predicted octanol–water partition coefficient (Wildman–Crippen LogP) is 7.12. The summed E-state index contributed by atoms with van der Waals surface area (Å²) in [6.45, 7) is 24.3. The smallest absolute Gasteiger partial charge is 0.405 e. The van der Waals surface area contributed by atoms with Gasteiger partial charge in [-0.1, -0.05) is 52.3 Å². The van der Waals surface area contributed by atoms with Crippen LogP contribution in [-0.4, -0.2) is 87.2 Å². The largest absolute Gasteiger partial charge is 0.494 e. The van der Waals surface area contributed by atoms with Crippen molar-refractivity contribution in [1.82, 2.24) is 0 Å². The number of hydrogen-bond donors (Lipinski definition) is 2. The highest BCUT2D eigenvalue weighted by atomic mass is 79.9. The van der Waals surface area contributed by atoms with Gasteiger partial charge >= 0.3 is 21.1 Å². The number of benzene rings is 2. The van der Waals surface area contributed by atoms with Crippen LogP contribution in [0.25, 0.3) is 0 Å². The van der Waals surface area contributed by atoms with Gasteiger partial charge in [-0.15, -0.1) is 0 Å². The van der Waals surface area contributed by atoms with Gasteiger partial charge in [0, 0.05) is 47.9 Å². The highest BCUT2D eigenvalue weighted by Crippen LogP contribution is 2.43. The minimum absolute atomic E-state index is 0.355. The summed E-state index contributed by atoms with van der Waals surface area (Å²) < 4.78 is 74.3. The summed E-state index contributed by atoms with van der Waals surface area (Å²) in [4.78, 5) is 0. The van der Waals surface area contributed by atoms with Crippen molar-refractivity contribution in [2.75, 3.05) is 24.0 Å². The minimum atomic E-state index is -2.45. The second-order valence-electron chi connectivity index (χ2n) is 17.1. The van der Waals surface area contributed by atoms with Gasteiger partial charge in [-0.05, 0) is 125 Å². The maximum atomic E-state index is 11.5. The van der Waals surface area contributed by atoms with Gasteiger partial charge in [0.25, 0.3) is 0 Å². The number of halogens is 1. The molecule has 2 aromatic carbocycles. The van der Waals surface area contributed by atoms with Crippen molar-refractivity contribution in [1.29, 1.82) is 9.56 Å². The lowest BCUT2D eigenvalue weighted by atomic mass is 9.49. The molecule has 3 heterocycles. The monoisotopic (exact) mass is 824 g/mol. The van der Waals surface area contributed by atoms with Gasteiger partial charge in [0.15, 0.2) is 0 Å². The first kappa shape index (κ1) is 45.2. The topological polar surface area (TPSA) is 137 Å². The standard InChI is InChI=1S/C15H24BNO3S.C12H24B2O4.C9H12BrNOS/c1-14(2)15(3,4)20-16(19-14)13-8-6-7-12(11-13)9-10-21(5,17)18;1-9(2)10(3,4)16-13(15-9)14-17-11(5,6)12(7,8)18-14;1-13(11,12)6-5-8-3-2-4-9(10)7-8/h6-8,11,17H,9-10H2,1-5H3;1-8H3;2-4,7,11H,5-6H2,1H3. The zero-order valence-corrected chi connectivity index (χ0v) is 36.9. The Morgan fingerprint density at radius 3 is 1.23 bits per heavy atom. The van der Waals surface area contributed by atoms with E-state index in [2.05, 4.69) is 15.9 Å². The third kappa shape index (κ3) is 12.1. The lowest BCUT2D eigenvalue weighted by Gasteiger charge is -2.32. The van der Waals surface area contributed by atoms with Crippen LogP contribution in [0.3, 0.4) is 0 Å². The Morgan fingerprint density at radius 2 is 0.885 bits per heavy atom. The van der Waals surface area contributed by atoms with E-state index in [1.807, 2.05) is 132 Å². The summed E-state index contributed by atoms with van der Waals surface area (Å²) in [6, 6.07) is 15.8. The van der Waals surface area contributed by atoms with E-state index >= 15 is 0 Å². The van der Waals surface area contributed by atoms with Gasteiger partial charge in [0.1, 0.15) is 0 Å². The Bertz CT molecular complexity index is 1690. The molecule has 0 aliphatic carbocycles. The average molecular weight is 825 g/mol. The molecule has 2 unspecified atom stereocenters. The summed E-state index contributed by atoms with van der Waals surface area (Å²) in [6.07, 6.45) is 4.29. The molecule has 0 bridgehead atoms. The van der Waals surface area contributed by atoms with Crippen LogP contribution in [0.15, 0.2) is 53.0 Å². The molecule has 3 saturated heterocycles. The Kier molecular flexibility index (Phi) is 14.0. The molecule has 3 aliphatic rings. The molecule has 2 N–H and O–H groups in total. The van der Waals surface area contributed by atoms with Gasteiger partial charge in [-0.25, -0.2) is 0 Å². The van der Waals surface area contributed by atoms with Crippen molar-refractivity contribution in [2.45, 2.75) is 130 Å². The fourth-order valence-electron chi connectivity index (χ4n) is 5.19. The Hall–Kier alpha value is -1.23. The Labute approximate surface area is 324 Å². The molecule has 0 amide bonds. The van der Waals surface area contributed by atoms with Crippen molar-refractivity contribution in [3.63, 3.8) is 0 Å². The molecule has 2 aromatic rings. The van der Waals surface area contributed by atoms with E-state index in [4.69, 9.17) is 37.5 Å². The van der Waals surface area contributed by atoms with Crippen molar-refractivity contribution < 1.29 is 36.3 Å². The van der Waals surface area contributed by atoms with E-state index in [9.17, 15) is 8.42 Å². The third-order valence-corrected chi connectivity index (χ3v) is 13.2. The SMILES string of the molecule is CC1(C)OB(B2OC(C)(C)C(C)(C)O2)OC1(C)C.CC1(C)OB(c2cccc(CCS(C)(=N)=O)c2)OC1(C)C.CS(=N)(=O)CCc1cccc(Br)c1. The molecule has 16 heteroatoms. The summed E-state index contributed by atoms with van der Waals surface area (Å²) in [5, 5.41) is 0. The van der Waals surface area contributed by atoms with E-state index in [0.29, 0.717) is 24.3 Å². The highest BCUT2D eigenvalue weighted by molar-refractivity contribution is 9.10. The zero-order valence-electron chi connectivity index (χ0n) is 33.6. The summed E-state index contributed by atoms with van der Waals surface area (Å²) >= 11 is 3.36. The molecule has 10 nitrogen and oxygen atoms in total. The van der Waals surface area contributed by atoms with Crippen LogP contribution in [-0.2, 0) is 60.2 Å². The second kappa shape index (κ2) is 16.1. The summed E-state index contributed by atoms with van der Waals surface area (Å²) in [5.74, 6) is 0.809. The van der Waals surface area contributed by atoms with Crippen molar-refractivity contribution in [3.05, 3.63) is 64.1 Å². The summed E-state index contributed by atoms with van der Waals surface area (Å²) in [5.41, 5.74) is 1.00. The van der Waals surface area contributed by atoms with E-state index in [-0.39, 0.29) is 40.7 Å². The molecule has 3 fully saturated rings. The second-order valence-corrected chi connectivity index (χ2v) is 22.9. The maximum Gasteiger partial charge on any atom is 0.494 e.